The largest absolute Gasteiger partial charge is 0.220 e. The van der Waals surface area contributed by atoms with Crippen LogP contribution in [0.2, 0.25) is 0 Å². The van der Waals surface area contributed by atoms with Crippen LogP contribution in [0.4, 0.5) is 0 Å². The zero-order valence-corrected chi connectivity index (χ0v) is 7.40. The smallest absolute Gasteiger partial charge is 0.0408 e. The van der Waals surface area contributed by atoms with Crippen molar-refractivity contribution in [1.29, 1.82) is 0 Å². The first-order valence-electron chi connectivity index (χ1n) is 3.28. The molecule has 0 radical (unpaired) electrons. The Morgan fingerprint density at radius 3 is 2.50 bits per heavy atom. The minimum Gasteiger partial charge on any atom is -0.220 e. The van der Waals surface area contributed by atoms with Gasteiger partial charge in [0.2, 0.25) is 0 Å². The molecular formula is C6H14O3S. The van der Waals surface area contributed by atoms with Crippen molar-refractivity contribution in [2.75, 3.05) is 0 Å². The second kappa shape index (κ2) is 4.96. The van der Waals surface area contributed by atoms with Crippen molar-refractivity contribution in [3.8, 4) is 0 Å². The van der Waals surface area contributed by atoms with E-state index >= 15 is 0 Å². The van der Waals surface area contributed by atoms with Gasteiger partial charge in [0.15, 0.2) is 0 Å². The van der Waals surface area contributed by atoms with Crippen LogP contribution in [0.1, 0.15) is 33.6 Å². The Morgan fingerprint density at radius 2 is 2.10 bits per heavy atom. The summed E-state index contributed by atoms with van der Waals surface area (Å²) in [5.74, 6) is 0. The summed E-state index contributed by atoms with van der Waals surface area (Å²) >= 11 is 1.13. The molecule has 0 aromatic heterocycles. The molecule has 4 heteroatoms. The molecule has 0 fully saturated rings. The molecule has 1 N–H and O–H groups in total. The van der Waals surface area contributed by atoms with Crippen molar-refractivity contribution in [3.05, 3.63) is 0 Å². The second-order valence-corrected chi connectivity index (χ2v) is 4.14. The lowest BCUT2D eigenvalue weighted by atomic mass is 10.1. The third kappa shape index (κ3) is 5.05. The maximum absolute atomic E-state index is 7.85. The van der Waals surface area contributed by atoms with Gasteiger partial charge in [-0.25, -0.2) is 5.26 Å². The van der Waals surface area contributed by atoms with Gasteiger partial charge in [-0.05, 0) is 20.3 Å². The molecule has 0 unspecified atom stereocenters. The Balaban J connectivity index is 3.42. The second-order valence-electron chi connectivity index (χ2n) is 2.74. The Labute approximate surface area is 65.8 Å². The summed E-state index contributed by atoms with van der Waals surface area (Å²) in [5.41, 5.74) is 0. The summed E-state index contributed by atoms with van der Waals surface area (Å²) < 4.78 is 4.33. The van der Waals surface area contributed by atoms with Crippen LogP contribution < -0.4 is 0 Å². The molecule has 0 aliphatic rings. The first kappa shape index (κ1) is 10.2. The van der Waals surface area contributed by atoms with Gasteiger partial charge in [-0.3, -0.25) is 0 Å². The van der Waals surface area contributed by atoms with Crippen LogP contribution >= 0.6 is 12.0 Å². The van der Waals surface area contributed by atoms with Crippen LogP contribution in [-0.2, 0) is 9.37 Å². The van der Waals surface area contributed by atoms with E-state index in [1.807, 2.05) is 13.8 Å². The predicted octanol–water partition coefficient (Wildman–Crippen LogP) is 2.63. The highest BCUT2D eigenvalue weighted by atomic mass is 32.2. The predicted molar refractivity (Wildman–Crippen MR) is 41.4 cm³/mol. The molecule has 0 saturated carbocycles. The van der Waals surface area contributed by atoms with Crippen molar-refractivity contribution in [2.45, 2.75) is 38.4 Å². The molecule has 0 amide bonds. The molecule has 10 heavy (non-hydrogen) atoms. The highest BCUT2D eigenvalue weighted by molar-refractivity contribution is 7.95. The van der Waals surface area contributed by atoms with E-state index in [1.165, 1.54) is 0 Å². The van der Waals surface area contributed by atoms with Gasteiger partial charge in [0.25, 0.3) is 0 Å². The lowest BCUT2D eigenvalue weighted by Crippen LogP contribution is -2.14. The van der Waals surface area contributed by atoms with Gasteiger partial charge in [0.1, 0.15) is 0 Å². The van der Waals surface area contributed by atoms with Crippen molar-refractivity contribution < 1.29 is 14.6 Å². The minimum atomic E-state index is 0.0114. The van der Waals surface area contributed by atoms with Crippen molar-refractivity contribution in [3.63, 3.8) is 0 Å². The first-order chi connectivity index (χ1) is 4.62. The average Bonchev–Trinajstić information content (AvgIpc) is 1.84. The van der Waals surface area contributed by atoms with E-state index in [0.29, 0.717) is 0 Å². The zero-order valence-electron chi connectivity index (χ0n) is 6.59. The SMILES string of the molecule is CCCC(C)(C)SOOO. The summed E-state index contributed by atoms with van der Waals surface area (Å²) in [6, 6.07) is 0. The average molecular weight is 166 g/mol. The Hall–Kier alpha value is 0.230. The Morgan fingerprint density at radius 1 is 1.50 bits per heavy atom. The standard InChI is InChI=1S/C6H14O3S/c1-4-5-6(2,3)10-9-8-7/h7H,4-5H2,1-3H3. The molecule has 3 nitrogen and oxygen atoms in total. The quantitative estimate of drug-likeness (QED) is 0.387. The fraction of sp³-hybridized carbons (Fsp3) is 1.00. The summed E-state index contributed by atoms with van der Waals surface area (Å²) in [6.07, 6.45) is 2.12. The van der Waals surface area contributed by atoms with E-state index in [-0.39, 0.29) is 4.75 Å². The van der Waals surface area contributed by atoms with Crippen molar-refractivity contribution in [1.82, 2.24) is 0 Å². The molecule has 62 valence electrons. The lowest BCUT2D eigenvalue weighted by molar-refractivity contribution is -0.432. The third-order valence-corrected chi connectivity index (χ3v) is 1.93. The summed E-state index contributed by atoms with van der Waals surface area (Å²) in [4.78, 5) is 0. The molecule has 0 aromatic carbocycles. The summed E-state index contributed by atoms with van der Waals surface area (Å²) in [6.45, 7) is 6.16. The Kier molecular flexibility index (Phi) is 5.07. The van der Waals surface area contributed by atoms with Gasteiger partial charge in [-0.2, -0.15) is 0 Å². The molecule has 0 rings (SSSR count). The van der Waals surface area contributed by atoms with Crippen LogP contribution in [0, 0.1) is 0 Å². The maximum atomic E-state index is 7.85. The molecule has 0 heterocycles. The van der Waals surface area contributed by atoms with E-state index in [9.17, 15) is 0 Å². The molecule has 0 spiro atoms. The van der Waals surface area contributed by atoms with Gasteiger partial charge in [0, 0.05) is 16.8 Å². The van der Waals surface area contributed by atoms with Crippen LogP contribution in [0.5, 0.6) is 0 Å². The highest BCUT2D eigenvalue weighted by Crippen LogP contribution is 2.29. The number of hydrogen-bond acceptors (Lipinski definition) is 4. The van der Waals surface area contributed by atoms with Crippen LogP contribution in [-0.4, -0.2) is 10.0 Å². The third-order valence-electron chi connectivity index (χ3n) is 1.14. The minimum absolute atomic E-state index is 0.0114. The van der Waals surface area contributed by atoms with Crippen LogP contribution in [0.3, 0.4) is 0 Å². The summed E-state index contributed by atoms with van der Waals surface area (Å²) in [5, 5.41) is 11.3. The fourth-order valence-corrected chi connectivity index (χ4v) is 1.25. The van der Waals surface area contributed by atoms with Gasteiger partial charge in [-0.1, -0.05) is 18.4 Å². The topological polar surface area (TPSA) is 38.7 Å². The molecule has 0 aliphatic heterocycles. The van der Waals surface area contributed by atoms with E-state index in [2.05, 4.69) is 16.3 Å². The number of hydrogen-bond donors (Lipinski definition) is 1. The van der Waals surface area contributed by atoms with E-state index in [4.69, 9.17) is 5.26 Å². The van der Waals surface area contributed by atoms with E-state index < -0.39 is 0 Å². The lowest BCUT2D eigenvalue weighted by Gasteiger charge is -2.19. The molecular weight excluding hydrogens is 152 g/mol. The summed E-state index contributed by atoms with van der Waals surface area (Å²) in [7, 11) is 0. The fourth-order valence-electron chi connectivity index (χ4n) is 0.751. The zero-order chi connectivity index (χ0) is 8.04. The molecule has 0 bridgehead atoms. The molecule has 0 saturated heterocycles. The number of rotatable bonds is 5. The van der Waals surface area contributed by atoms with Gasteiger partial charge >= 0.3 is 0 Å². The monoisotopic (exact) mass is 166 g/mol. The normalized spacial score (nSPS) is 12.0. The van der Waals surface area contributed by atoms with Crippen molar-refractivity contribution in [2.24, 2.45) is 0 Å². The molecule has 0 aromatic rings. The van der Waals surface area contributed by atoms with Crippen LogP contribution in [0.15, 0.2) is 0 Å². The van der Waals surface area contributed by atoms with Gasteiger partial charge in [-0.15, -0.1) is 4.33 Å². The molecule has 0 aliphatic carbocycles. The van der Waals surface area contributed by atoms with Gasteiger partial charge < -0.3 is 0 Å². The van der Waals surface area contributed by atoms with Crippen molar-refractivity contribution >= 4 is 12.0 Å². The highest BCUT2D eigenvalue weighted by Gasteiger charge is 2.18. The maximum Gasteiger partial charge on any atom is 0.0408 e. The first-order valence-corrected chi connectivity index (χ1v) is 4.02. The Bertz CT molecular complexity index is 85.1. The molecule has 0 atom stereocenters. The van der Waals surface area contributed by atoms with E-state index in [0.717, 1.165) is 24.9 Å². The van der Waals surface area contributed by atoms with Gasteiger partial charge in [0.05, 0.1) is 0 Å². The van der Waals surface area contributed by atoms with Crippen LogP contribution in [0.25, 0.3) is 0 Å². The van der Waals surface area contributed by atoms with E-state index in [1.54, 1.807) is 0 Å².